The van der Waals surface area contributed by atoms with Crippen molar-refractivity contribution in [3.05, 3.63) is 35.9 Å². The Kier molecular flexibility index (Phi) is 4.04. The van der Waals surface area contributed by atoms with E-state index in [0.717, 1.165) is 6.42 Å². The Morgan fingerprint density at radius 1 is 1.05 bits per heavy atom. The predicted molar refractivity (Wildman–Crippen MR) is 76.9 cm³/mol. The molecule has 19 heavy (non-hydrogen) atoms. The van der Waals surface area contributed by atoms with Gasteiger partial charge in [0.05, 0.1) is 17.2 Å². The van der Waals surface area contributed by atoms with Crippen LogP contribution in [0.1, 0.15) is 39.7 Å². The number of rotatable bonds is 4. The molecule has 4 heteroatoms. The second kappa shape index (κ2) is 5.27. The standard InChI is InChI=1S/C15H23BO3/c1-14(2)15(3,4)19-16(18-14)13(17)11-10-12-8-6-5-7-9-12/h5-9,13,17H,10-11H2,1-4H3. The van der Waals surface area contributed by atoms with Crippen LogP contribution in [0.3, 0.4) is 0 Å². The average molecular weight is 262 g/mol. The predicted octanol–water partition coefficient (Wildman–Crippen LogP) is 2.61. The lowest BCUT2D eigenvalue weighted by Crippen LogP contribution is -2.41. The highest BCUT2D eigenvalue weighted by atomic mass is 16.7. The zero-order valence-corrected chi connectivity index (χ0v) is 12.2. The van der Waals surface area contributed by atoms with Gasteiger partial charge in [0, 0.05) is 0 Å². The third-order valence-electron chi connectivity index (χ3n) is 4.16. The second-order valence-electron chi connectivity index (χ2n) is 6.22. The van der Waals surface area contributed by atoms with E-state index in [2.05, 4.69) is 12.1 Å². The van der Waals surface area contributed by atoms with Crippen LogP contribution < -0.4 is 0 Å². The van der Waals surface area contributed by atoms with E-state index in [-0.39, 0.29) is 11.2 Å². The number of aryl methyl sites for hydroxylation is 1. The summed E-state index contributed by atoms with van der Waals surface area (Å²) < 4.78 is 11.7. The highest BCUT2D eigenvalue weighted by molar-refractivity contribution is 6.47. The lowest BCUT2D eigenvalue weighted by atomic mass is 9.78. The quantitative estimate of drug-likeness (QED) is 0.848. The molecule has 104 valence electrons. The van der Waals surface area contributed by atoms with Crippen LogP contribution in [-0.2, 0) is 15.7 Å². The van der Waals surface area contributed by atoms with E-state index < -0.39 is 13.1 Å². The summed E-state index contributed by atoms with van der Waals surface area (Å²) in [6, 6.07) is 9.55. The van der Waals surface area contributed by atoms with Gasteiger partial charge < -0.3 is 14.4 Å². The fourth-order valence-electron chi connectivity index (χ4n) is 2.14. The molecule has 1 aromatic carbocycles. The maximum Gasteiger partial charge on any atom is 0.488 e. The van der Waals surface area contributed by atoms with E-state index in [4.69, 9.17) is 9.31 Å². The molecule has 2 rings (SSSR count). The van der Waals surface area contributed by atoms with Crippen molar-refractivity contribution in [1.29, 1.82) is 0 Å². The molecule has 1 unspecified atom stereocenters. The third kappa shape index (κ3) is 3.19. The second-order valence-corrected chi connectivity index (χ2v) is 6.22. The van der Waals surface area contributed by atoms with Crippen molar-refractivity contribution in [2.75, 3.05) is 0 Å². The topological polar surface area (TPSA) is 38.7 Å². The normalized spacial score (nSPS) is 22.5. The number of hydrogen-bond donors (Lipinski definition) is 1. The molecule has 1 aromatic rings. The number of hydrogen-bond acceptors (Lipinski definition) is 3. The highest BCUT2D eigenvalue weighted by Gasteiger charge is 2.53. The first kappa shape index (κ1) is 14.6. The van der Waals surface area contributed by atoms with Gasteiger partial charge in [-0.15, -0.1) is 0 Å². The zero-order chi connectivity index (χ0) is 14.1. The van der Waals surface area contributed by atoms with Crippen molar-refractivity contribution >= 4 is 7.12 Å². The third-order valence-corrected chi connectivity index (χ3v) is 4.16. The molecular formula is C15H23BO3. The summed E-state index contributed by atoms with van der Waals surface area (Å²) in [7, 11) is -0.534. The van der Waals surface area contributed by atoms with E-state index in [1.807, 2.05) is 45.9 Å². The van der Waals surface area contributed by atoms with E-state index in [9.17, 15) is 5.11 Å². The van der Waals surface area contributed by atoms with Crippen LogP contribution in [0.25, 0.3) is 0 Å². The van der Waals surface area contributed by atoms with Crippen LogP contribution in [0, 0.1) is 0 Å². The molecule has 1 aliphatic rings. The Bertz CT molecular complexity index is 401. The monoisotopic (exact) mass is 262 g/mol. The summed E-state index contributed by atoms with van der Waals surface area (Å²) in [5, 5.41) is 10.2. The molecule has 3 nitrogen and oxygen atoms in total. The van der Waals surface area contributed by atoms with Crippen LogP contribution >= 0.6 is 0 Å². The first-order valence-electron chi connectivity index (χ1n) is 6.89. The van der Waals surface area contributed by atoms with Crippen LogP contribution in [-0.4, -0.2) is 29.4 Å². The summed E-state index contributed by atoms with van der Waals surface area (Å²) in [6.07, 6.45) is 1.47. The minimum absolute atomic E-state index is 0.384. The van der Waals surface area contributed by atoms with Gasteiger partial charge in [0.2, 0.25) is 0 Å². The highest BCUT2D eigenvalue weighted by Crippen LogP contribution is 2.37. The smallest absolute Gasteiger partial charge is 0.402 e. The largest absolute Gasteiger partial charge is 0.488 e. The van der Waals surface area contributed by atoms with E-state index in [1.54, 1.807) is 0 Å². The van der Waals surface area contributed by atoms with Crippen LogP contribution in [0.15, 0.2) is 30.3 Å². The minimum Gasteiger partial charge on any atom is -0.402 e. The molecule has 1 atom stereocenters. The van der Waals surface area contributed by atoms with Gasteiger partial charge in [-0.05, 0) is 46.1 Å². The Balaban J connectivity index is 1.90. The van der Waals surface area contributed by atoms with Crippen LogP contribution in [0.2, 0.25) is 0 Å². The van der Waals surface area contributed by atoms with Crippen LogP contribution in [0.4, 0.5) is 0 Å². The van der Waals surface area contributed by atoms with Crippen molar-refractivity contribution in [3.63, 3.8) is 0 Å². The Hall–Kier alpha value is -0.835. The van der Waals surface area contributed by atoms with Gasteiger partial charge in [-0.3, -0.25) is 0 Å². The maximum absolute atomic E-state index is 10.2. The molecule has 1 fully saturated rings. The van der Waals surface area contributed by atoms with Gasteiger partial charge in [-0.1, -0.05) is 30.3 Å². The van der Waals surface area contributed by atoms with Gasteiger partial charge in [0.15, 0.2) is 0 Å². The molecule has 0 amide bonds. The molecule has 0 radical (unpaired) electrons. The van der Waals surface area contributed by atoms with E-state index in [1.165, 1.54) is 5.56 Å². The number of benzene rings is 1. The lowest BCUT2D eigenvalue weighted by molar-refractivity contribution is 0.00578. The Morgan fingerprint density at radius 3 is 2.11 bits per heavy atom. The summed E-state index contributed by atoms with van der Waals surface area (Å²) >= 11 is 0. The Labute approximate surface area is 116 Å². The van der Waals surface area contributed by atoms with E-state index >= 15 is 0 Å². The summed E-state index contributed by atoms with van der Waals surface area (Å²) in [5.74, 6) is 0. The molecule has 0 saturated carbocycles. The van der Waals surface area contributed by atoms with Gasteiger partial charge >= 0.3 is 7.12 Å². The fraction of sp³-hybridized carbons (Fsp3) is 0.600. The molecule has 1 saturated heterocycles. The van der Waals surface area contributed by atoms with E-state index in [0.29, 0.717) is 6.42 Å². The van der Waals surface area contributed by atoms with Crippen molar-refractivity contribution in [2.45, 2.75) is 57.7 Å². The minimum atomic E-state index is -0.596. The fourth-order valence-corrected chi connectivity index (χ4v) is 2.14. The molecule has 0 aliphatic carbocycles. The van der Waals surface area contributed by atoms with Crippen molar-refractivity contribution in [1.82, 2.24) is 0 Å². The lowest BCUT2D eigenvalue weighted by Gasteiger charge is -2.32. The zero-order valence-electron chi connectivity index (χ0n) is 12.2. The van der Waals surface area contributed by atoms with Crippen molar-refractivity contribution in [2.24, 2.45) is 0 Å². The molecular weight excluding hydrogens is 239 g/mol. The maximum atomic E-state index is 10.2. The average Bonchev–Trinajstić information content (AvgIpc) is 2.57. The molecule has 1 N–H and O–H groups in total. The molecule has 0 bridgehead atoms. The Morgan fingerprint density at radius 2 is 1.58 bits per heavy atom. The first-order valence-corrected chi connectivity index (χ1v) is 6.89. The van der Waals surface area contributed by atoms with Gasteiger partial charge in [-0.2, -0.15) is 0 Å². The van der Waals surface area contributed by atoms with Crippen molar-refractivity contribution in [3.8, 4) is 0 Å². The SMILES string of the molecule is CC1(C)OB(C(O)CCc2ccccc2)OC1(C)C. The van der Waals surface area contributed by atoms with Gasteiger partial charge in [-0.25, -0.2) is 0 Å². The molecule has 1 aliphatic heterocycles. The number of aliphatic hydroxyl groups is 1. The summed E-state index contributed by atoms with van der Waals surface area (Å²) in [4.78, 5) is 0. The summed E-state index contributed by atoms with van der Waals surface area (Å²) in [5.41, 5.74) is 0.453. The molecule has 1 heterocycles. The van der Waals surface area contributed by atoms with Crippen molar-refractivity contribution < 1.29 is 14.4 Å². The first-order chi connectivity index (χ1) is 8.82. The number of aliphatic hydroxyl groups excluding tert-OH is 1. The molecule has 0 spiro atoms. The molecule has 0 aromatic heterocycles. The summed E-state index contributed by atoms with van der Waals surface area (Å²) in [6.45, 7) is 7.99. The van der Waals surface area contributed by atoms with Gasteiger partial charge in [0.1, 0.15) is 0 Å². The van der Waals surface area contributed by atoms with Crippen LogP contribution in [0.5, 0.6) is 0 Å². The van der Waals surface area contributed by atoms with Gasteiger partial charge in [0.25, 0.3) is 0 Å².